The summed E-state index contributed by atoms with van der Waals surface area (Å²) >= 11 is 0. The summed E-state index contributed by atoms with van der Waals surface area (Å²) in [5, 5.41) is 10.6. The number of carboxylic acids is 1. The van der Waals surface area contributed by atoms with Crippen molar-refractivity contribution in [1.29, 1.82) is 0 Å². The highest BCUT2D eigenvalue weighted by Crippen LogP contribution is 2.23. The summed E-state index contributed by atoms with van der Waals surface area (Å²) in [4.78, 5) is 35.2. The van der Waals surface area contributed by atoms with Gasteiger partial charge in [-0.2, -0.15) is 0 Å². The number of nitrogens with zero attached hydrogens (tertiary/aromatic N) is 1. The fourth-order valence-corrected chi connectivity index (χ4v) is 1.76. The standard InChI is InChI=1S/C13H11NO4/c1-2-8-7-11(15)14(12(8)16)10-5-3-9(4-6-10)13(17)18/h3-7H,2H2,1H3,(H,17,18)/p-1. The molecule has 0 aliphatic carbocycles. The summed E-state index contributed by atoms with van der Waals surface area (Å²) in [6.45, 7) is 1.79. The van der Waals surface area contributed by atoms with Crippen molar-refractivity contribution in [2.75, 3.05) is 4.90 Å². The molecule has 1 aromatic carbocycles. The van der Waals surface area contributed by atoms with Gasteiger partial charge >= 0.3 is 0 Å². The molecule has 0 fully saturated rings. The average molecular weight is 244 g/mol. The van der Waals surface area contributed by atoms with Gasteiger partial charge in [0.15, 0.2) is 0 Å². The minimum atomic E-state index is -1.30. The predicted octanol–water partition coefficient (Wildman–Crippen LogP) is 0.260. The third-order valence-corrected chi connectivity index (χ3v) is 2.74. The lowest BCUT2D eigenvalue weighted by molar-refractivity contribution is -0.255. The number of hydrogen-bond donors (Lipinski definition) is 0. The predicted molar refractivity (Wildman–Crippen MR) is 61.6 cm³/mol. The van der Waals surface area contributed by atoms with Gasteiger partial charge in [0, 0.05) is 11.6 Å². The van der Waals surface area contributed by atoms with Crippen LogP contribution in [0, 0.1) is 0 Å². The lowest BCUT2D eigenvalue weighted by Crippen LogP contribution is -2.31. The first-order valence-corrected chi connectivity index (χ1v) is 5.45. The zero-order chi connectivity index (χ0) is 13.3. The van der Waals surface area contributed by atoms with Crippen LogP contribution in [0.2, 0.25) is 0 Å². The molecule has 2 rings (SSSR count). The van der Waals surface area contributed by atoms with Crippen LogP contribution in [0.5, 0.6) is 0 Å². The molecule has 1 aromatic rings. The van der Waals surface area contributed by atoms with Crippen molar-refractivity contribution >= 4 is 23.5 Å². The molecule has 92 valence electrons. The van der Waals surface area contributed by atoms with Crippen LogP contribution in [-0.2, 0) is 9.59 Å². The van der Waals surface area contributed by atoms with Crippen LogP contribution < -0.4 is 10.0 Å². The minimum absolute atomic E-state index is 0.00141. The van der Waals surface area contributed by atoms with E-state index in [2.05, 4.69) is 0 Å². The van der Waals surface area contributed by atoms with Crippen molar-refractivity contribution in [3.05, 3.63) is 41.5 Å². The number of carbonyl (C=O) groups excluding carboxylic acids is 3. The number of imide groups is 1. The maximum absolute atomic E-state index is 11.9. The van der Waals surface area contributed by atoms with Crippen molar-refractivity contribution in [2.45, 2.75) is 13.3 Å². The first-order valence-electron chi connectivity index (χ1n) is 5.45. The molecule has 0 bridgehead atoms. The van der Waals surface area contributed by atoms with E-state index in [4.69, 9.17) is 0 Å². The number of rotatable bonds is 3. The van der Waals surface area contributed by atoms with E-state index in [-0.39, 0.29) is 11.5 Å². The molecule has 0 spiro atoms. The monoisotopic (exact) mass is 244 g/mol. The van der Waals surface area contributed by atoms with Crippen LogP contribution in [0.25, 0.3) is 0 Å². The molecular formula is C13H10NO4-. The van der Waals surface area contributed by atoms with E-state index in [0.717, 1.165) is 4.90 Å². The Kier molecular flexibility index (Phi) is 2.97. The summed E-state index contributed by atoms with van der Waals surface area (Å²) in [7, 11) is 0. The topological polar surface area (TPSA) is 77.5 Å². The van der Waals surface area contributed by atoms with Gasteiger partial charge in [0.1, 0.15) is 0 Å². The smallest absolute Gasteiger partial charge is 0.261 e. The molecule has 1 aliphatic rings. The van der Waals surface area contributed by atoms with E-state index in [0.29, 0.717) is 17.7 Å². The molecule has 0 atom stereocenters. The molecule has 5 heteroatoms. The molecule has 0 saturated heterocycles. The van der Waals surface area contributed by atoms with E-state index in [9.17, 15) is 19.5 Å². The molecule has 5 nitrogen and oxygen atoms in total. The fraction of sp³-hybridized carbons (Fsp3) is 0.154. The lowest BCUT2D eigenvalue weighted by Gasteiger charge is -2.15. The number of benzene rings is 1. The Labute approximate surface area is 103 Å². The lowest BCUT2D eigenvalue weighted by atomic mass is 10.2. The maximum Gasteiger partial charge on any atom is 0.261 e. The molecule has 0 aromatic heterocycles. The number of carbonyl (C=O) groups is 3. The number of anilines is 1. The Bertz CT molecular complexity index is 557. The third kappa shape index (κ3) is 1.90. The molecule has 1 aliphatic heterocycles. The van der Waals surface area contributed by atoms with Crippen LogP contribution in [-0.4, -0.2) is 17.8 Å². The van der Waals surface area contributed by atoms with Crippen LogP contribution >= 0.6 is 0 Å². The number of carboxylic acid groups (broad SMARTS) is 1. The third-order valence-electron chi connectivity index (χ3n) is 2.74. The molecule has 0 radical (unpaired) electrons. The van der Waals surface area contributed by atoms with Crippen LogP contribution in [0.1, 0.15) is 23.7 Å². The van der Waals surface area contributed by atoms with Gasteiger partial charge in [-0.25, -0.2) is 4.90 Å². The summed E-state index contributed by atoms with van der Waals surface area (Å²) in [5.41, 5.74) is 0.806. The Morgan fingerprint density at radius 2 is 1.83 bits per heavy atom. The van der Waals surface area contributed by atoms with E-state index in [1.165, 1.54) is 30.3 Å². The zero-order valence-corrected chi connectivity index (χ0v) is 9.67. The van der Waals surface area contributed by atoms with Gasteiger partial charge in [-0.3, -0.25) is 9.59 Å². The van der Waals surface area contributed by atoms with Gasteiger partial charge in [-0.05, 0) is 24.1 Å². The summed E-state index contributed by atoms with van der Waals surface area (Å²) < 4.78 is 0. The number of aromatic carboxylic acids is 1. The number of hydrogen-bond acceptors (Lipinski definition) is 4. The summed E-state index contributed by atoms with van der Waals surface area (Å²) in [6.07, 6.45) is 1.78. The van der Waals surface area contributed by atoms with E-state index in [1.54, 1.807) is 6.92 Å². The second-order valence-electron chi connectivity index (χ2n) is 3.84. The van der Waals surface area contributed by atoms with Gasteiger partial charge in [-0.15, -0.1) is 0 Å². The quantitative estimate of drug-likeness (QED) is 0.714. The van der Waals surface area contributed by atoms with Crippen LogP contribution in [0.4, 0.5) is 5.69 Å². The number of amides is 2. The van der Waals surface area contributed by atoms with Gasteiger partial charge in [0.05, 0.1) is 11.7 Å². The second-order valence-corrected chi connectivity index (χ2v) is 3.84. The van der Waals surface area contributed by atoms with Crippen LogP contribution in [0.3, 0.4) is 0 Å². The highest BCUT2D eigenvalue weighted by molar-refractivity contribution is 6.30. The van der Waals surface area contributed by atoms with Gasteiger partial charge in [0.25, 0.3) is 11.8 Å². The molecule has 0 saturated carbocycles. The van der Waals surface area contributed by atoms with Crippen molar-refractivity contribution in [3.8, 4) is 0 Å². The molecule has 2 amide bonds. The molecule has 1 heterocycles. The largest absolute Gasteiger partial charge is 0.545 e. The normalized spacial score (nSPS) is 14.9. The van der Waals surface area contributed by atoms with E-state index >= 15 is 0 Å². The maximum atomic E-state index is 11.9. The Hall–Kier alpha value is -2.43. The molecule has 0 unspecified atom stereocenters. The first-order chi connectivity index (χ1) is 8.54. The SMILES string of the molecule is CCC1=CC(=O)N(c2ccc(C(=O)[O-])cc2)C1=O. The van der Waals surface area contributed by atoms with Gasteiger partial charge < -0.3 is 9.90 Å². The zero-order valence-electron chi connectivity index (χ0n) is 9.67. The van der Waals surface area contributed by atoms with Crippen molar-refractivity contribution < 1.29 is 19.5 Å². The summed E-state index contributed by atoms with van der Waals surface area (Å²) in [5.74, 6) is -2.06. The van der Waals surface area contributed by atoms with Gasteiger partial charge in [0.2, 0.25) is 0 Å². The van der Waals surface area contributed by atoms with Crippen molar-refractivity contribution in [1.82, 2.24) is 0 Å². The van der Waals surface area contributed by atoms with Crippen molar-refractivity contribution in [2.24, 2.45) is 0 Å². The average Bonchev–Trinajstić information content (AvgIpc) is 2.64. The molecule has 0 N–H and O–H groups in total. The summed E-state index contributed by atoms with van der Waals surface area (Å²) in [6, 6.07) is 5.42. The molecular weight excluding hydrogens is 234 g/mol. The Morgan fingerprint density at radius 1 is 1.22 bits per heavy atom. The van der Waals surface area contributed by atoms with E-state index in [1.807, 2.05) is 0 Å². The fourth-order valence-electron chi connectivity index (χ4n) is 1.76. The highest BCUT2D eigenvalue weighted by atomic mass is 16.4. The Morgan fingerprint density at radius 3 is 2.28 bits per heavy atom. The molecule has 18 heavy (non-hydrogen) atoms. The van der Waals surface area contributed by atoms with Gasteiger partial charge in [-0.1, -0.05) is 19.1 Å². The van der Waals surface area contributed by atoms with Crippen molar-refractivity contribution in [3.63, 3.8) is 0 Å². The minimum Gasteiger partial charge on any atom is -0.545 e. The highest BCUT2D eigenvalue weighted by Gasteiger charge is 2.30. The first kappa shape index (κ1) is 12.0. The Balaban J connectivity index is 2.31. The second kappa shape index (κ2) is 4.44. The van der Waals surface area contributed by atoms with Crippen LogP contribution in [0.15, 0.2) is 35.9 Å². The van der Waals surface area contributed by atoms with E-state index < -0.39 is 11.9 Å².